The van der Waals surface area contributed by atoms with Crippen molar-refractivity contribution >= 4 is 0 Å². The maximum absolute atomic E-state index is 5.92. The zero-order valence-corrected chi connectivity index (χ0v) is 9.45. The molecule has 0 spiro atoms. The van der Waals surface area contributed by atoms with Crippen LogP contribution in [-0.4, -0.2) is 11.5 Å². The van der Waals surface area contributed by atoms with Crippen LogP contribution in [0.2, 0.25) is 0 Å². The van der Waals surface area contributed by atoms with Crippen LogP contribution < -0.4 is 5.73 Å². The molecule has 1 aliphatic carbocycles. The average Bonchev–Trinajstić information content (AvgIpc) is 2.24. The third-order valence-electron chi connectivity index (χ3n) is 3.65. The van der Waals surface area contributed by atoms with Crippen LogP contribution in [0.1, 0.15) is 38.3 Å². The van der Waals surface area contributed by atoms with Crippen molar-refractivity contribution in [3.05, 3.63) is 30.1 Å². The van der Waals surface area contributed by atoms with Gasteiger partial charge in [-0.05, 0) is 30.9 Å². The van der Waals surface area contributed by atoms with Gasteiger partial charge < -0.3 is 5.73 Å². The van der Waals surface area contributed by atoms with Crippen LogP contribution >= 0.6 is 0 Å². The van der Waals surface area contributed by atoms with E-state index in [1.165, 1.54) is 31.4 Å². The molecule has 0 radical (unpaired) electrons. The Balaban J connectivity index is 2.07. The molecule has 2 N–H and O–H groups in total. The molecule has 1 aromatic heterocycles. The summed E-state index contributed by atoms with van der Waals surface area (Å²) < 4.78 is 0. The summed E-state index contributed by atoms with van der Waals surface area (Å²) in [6.07, 6.45) is 6.96. The maximum Gasteiger partial charge on any atom is 0.0478 e. The van der Waals surface area contributed by atoms with Crippen molar-refractivity contribution in [3.8, 4) is 0 Å². The highest BCUT2D eigenvalue weighted by atomic mass is 14.8. The Hall–Kier alpha value is -0.890. The normalized spacial score (nSPS) is 29.9. The van der Waals surface area contributed by atoms with Gasteiger partial charge in [-0.1, -0.05) is 25.8 Å². The quantitative estimate of drug-likeness (QED) is 0.818. The van der Waals surface area contributed by atoms with Gasteiger partial charge in [0.05, 0.1) is 0 Å². The molecule has 0 amide bonds. The Morgan fingerprint density at radius 2 is 2.27 bits per heavy atom. The number of pyridine rings is 1. The second-order valence-corrected chi connectivity index (χ2v) is 4.76. The van der Waals surface area contributed by atoms with Gasteiger partial charge in [-0.3, -0.25) is 4.98 Å². The lowest BCUT2D eigenvalue weighted by atomic mass is 9.59. The SMILES string of the molecule is CCCC1CC(CN)(c2ccccn2)C1. The third kappa shape index (κ3) is 1.91. The maximum atomic E-state index is 5.92. The van der Waals surface area contributed by atoms with Gasteiger partial charge in [-0.2, -0.15) is 0 Å². The van der Waals surface area contributed by atoms with Crippen molar-refractivity contribution in [2.75, 3.05) is 6.54 Å². The van der Waals surface area contributed by atoms with E-state index in [0.717, 1.165) is 12.5 Å². The summed E-state index contributed by atoms with van der Waals surface area (Å²) >= 11 is 0. The molecule has 1 saturated carbocycles. The zero-order valence-electron chi connectivity index (χ0n) is 9.45. The lowest BCUT2D eigenvalue weighted by Crippen LogP contribution is -2.47. The Bertz CT molecular complexity index is 302. The van der Waals surface area contributed by atoms with Crippen LogP contribution in [0.5, 0.6) is 0 Å². The molecule has 0 aromatic carbocycles. The highest BCUT2D eigenvalue weighted by Crippen LogP contribution is 2.48. The van der Waals surface area contributed by atoms with Gasteiger partial charge in [0.25, 0.3) is 0 Å². The highest BCUT2D eigenvalue weighted by Gasteiger charge is 2.44. The molecule has 1 aromatic rings. The molecule has 15 heavy (non-hydrogen) atoms. The largest absolute Gasteiger partial charge is 0.330 e. The van der Waals surface area contributed by atoms with Crippen molar-refractivity contribution in [1.82, 2.24) is 4.98 Å². The van der Waals surface area contributed by atoms with Crippen LogP contribution in [0, 0.1) is 5.92 Å². The second kappa shape index (κ2) is 4.31. The first-order valence-electron chi connectivity index (χ1n) is 5.92. The minimum Gasteiger partial charge on any atom is -0.330 e. The monoisotopic (exact) mass is 204 g/mol. The summed E-state index contributed by atoms with van der Waals surface area (Å²) in [5, 5.41) is 0. The molecule has 2 rings (SSSR count). The number of rotatable bonds is 4. The molecule has 82 valence electrons. The second-order valence-electron chi connectivity index (χ2n) is 4.76. The third-order valence-corrected chi connectivity index (χ3v) is 3.65. The summed E-state index contributed by atoms with van der Waals surface area (Å²) in [5.41, 5.74) is 7.31. The molecule has 1 fully saturated rings. The molecular weight excluding hydrogens is 184 g/mol. The smallest absolute Gasteiger partial charge is 0.0478 e. The van der Waals surface area contributed by atoms with E-state index >= 15 is 0 Å². The number of hydrogen-bond donors (Lipinski definition) is 1. The minimum absolute atomic E-state index is 0.196. The number of nitrogens with two attached hydrogens (primary N) is 1. The molecule has 0 unspecified atom stereocenters. The van der Waals surface area contributed by atoms with Crippen molar-refractivity contribution in [3.63, 3.8) is 0 Å². The fraction of sp³-hybridized carbons (Fsp3) is 0.615. The van der Waals surface area contributed by atoms with Crippen molar-refractivity contribution in [2.45, 2.75) is 38.0 Å². The Kier molecular flexibility index (Phi) is 3.06. The Labute approximate surface area is 91.9 Å². The van der Waals surface area contributed by atoms with E-state index in [4.69, 9.17) is 5.73 Å². The topological polar surface area (TPSA) is 38.9 Å². The standard InChI is InChI=1S/C13H20N2/c1-2-5-11-8-13(9-11,10-14)12-6-3-4-7-15-12/h3-4,6-7,11H,2,5,8-10,14H2,1H3. The van der Waals surface area contributed by atoms with E-state index in [9.17, 15) is 0 Å². The summed E-state index contributed by atoms with van der Waals surface area (Å²) in [6.45, 7) is 2.99. The van der Waals surface area contributed by atoms with E-state index in [1.807, 2.05) is 12.3 Å². The summed E-state index contributed by atoms with van der Waals surface area (Å²) in [5.74, 6) is 0.876. The first kappa shape index (κ1) is 10.6. The first-order chi connectivity index (χ1) is 7.30. The zero-order chi connectivity index (χ0) is 10.7. The van der Waals surface area contributed by atoms with Crippen molar-refractivity contribution in [2.24, 2.45) is 11.7 Å². The van der Waals surface area contributed by atoms with Gasteiger partial charge in [0.2, 0.25) is 0 Å². The van der Waals surface area contributed by atoms with Crippen LogP contribution in [0.3, 0.4) is 0 Å². The van der Waals surface area contributed by atoms with E-state index in [1.54, 1.807) is 0 Å². The molecule has 2 heteroatoms. The molecule has 2 nitrogen and oxygen atoms in total. The molecule has 0 bridgehead atoms. The Morgan fingerprint density at radius 1 is 1.47 bits per heavy atom. The van der Waals surface area contributed by atoms with Crippen LogP contribution in [0.4, 0.5) is 0 Å². The van der Waals surface area contributed by atoms with Crippen LogP contribution in [0.25, 0.3) is 0 Å². The predicted molar refractivity (Wildman–Crippen MR) is 62.6 cm³/mol. The lowest BCUT2D eigenvalue weighted by molar-refractivity contribution is 0.134. The predicted octanol–water partition coefficient (Wildman–Crippen LogP) is 2.49. The van der Waals surface area contributed by atoms with Gasteiger partial charge in [-0.15, -0.1) is 0 Å². The highest BCUT2D eigenvalue weighted by molar-refractivity contribution is 5.22. The molecular formula is C13H20N2. The van der Waals surface area contributed by atoms with Gasteiger partial charge >= 0.3 is 0 Å². The van der Waals surface area contributed by atoms with Gasteiger partial charge in [0.15, 0.2) is 0 Å². The van der Waals surface area contributed by atoms with E-state index in [0.29, 0.717) is 0 Å². The summed E-state index contributed by atoms with van der Waals surface area (Å²) in [4.78, 5) is 4.46. The average molecular weight is 204 g/mol. The molecule has 1 heterocycles. The van der Waals surface area contributed by atoms with Crippen LogP contribution in [-0.2, 0) is 5.41 Å². The molecule has 0 aliphatic heterocycles. The Morgan fingerprint density at radius 3 is 2.80 bits per heavy atom. The number of nitrogens with zero attached hydrogens (tertiary/aromatic N) is 1. The summed E-state index contributed by atoms with van der Waals surface area (Å²) in [7, 11) is 0. The van der Waals surface area contributed by atoms with E-state index < -0.39 is 0 Å². The molecule has 1 aliphatic rings. The van der Waals surface area contributed by atoms with Gasteiger partial charge in [0, 0.05) is 23.9 Å². The van der Waals surface area contributed by atoms with E-state index in [2.05, 4.69) is 24.0 Å². The number of hydrogen-bond acceptors (Lipinski definition) is 2. The van der Waals surface area contributed by atoms with Crippen molar-refractivity contribution < 1.29 is 0 Å². The fourth-order valence-electron chi connectivity index (χ4n) is 2.81. The van der Waals surface area contributed by atoms with Crippen molar-refractivity contribution in [1.29, 1.82) is 0 Å². The first-order valence-corrected chi connectivity index (χ1v) is 5.92. The van der Waals surface area contributed by atoms with Gasteiger partial charge in [0.1, 0.15) is 0 Å². The fourth-order valence-corrected chi connectivity index (χ4v) is 2.81. The molecule has 0 saturated heterocycles. The van der Waals surface area contributed by atoms with Crippen LogP contribution in [0.15, 0.2) is 24.4 Å². The molecule has 0 atom stereocenters. The van der Waals surface area contributed by atoms with Gasteiger partial charge in [-0.25, -0.2) is 0 Å². The summed E-state index contributed by atoms with van der Waals surface area (Å²) in [6, 6.07) is 6.15. The van der Waals surface area contributed by atoms with E-state index in [-0.39, 0.29) is 5.41 Å². The lowest BCUT2D eigenvalue weighted by Gasteiger charge is -2.47. The minimum atomic E-state index is 0.196. The number of aromatic nitrogens is 1.